The molecule has 0 aliphatic carbocycles. The first kappa shape index (κ1) is 17.1. The van der Waals surface area contributed by atoms with Crippen molar-refractivity contribution in [3.8, 4) is 5.75 Å². The molecule has 0 saturated heterocycles. The molecule has 0 saturated carbocycles. The van der Waals surface area contributed by atoms with E-state index in [0.717, 1.165) is 18.2 Å². The van der Waals surface area contributed by atoms with Gasteiger partial charge in [-0.15, -0.1) is 0 Å². The third kappa shape index (κ3) is 5.20. The minimum Gasteiger partial charge on any atom is -0.433 e. The van der Waals surface area contributed by atoms with Crippen LogP contribution in [0.3, 0.4) is 0 Å². The SMILES string of the molecule is CC(O)CCNS(=O)(=O)c1ccc(OC(F)F)c(Cl)c1. The Balaban J connectivity index is 2.83. The van der Waals surface area contributed by atoms with Crippen molar-refractivity contribution < 1.29 is 27.0 Å². The molecule has 0 fully saturated rings. The molecule has 0 aromatic heterocycles. The molecule has 1 rings (SSSR count). The highest BCUT2D eigenvalue weighted by molar-refractivity contribution is 7.89. The molecule has 5 nitrogen and oxygen atoms in total. The fourth-order valence-corrected chi connectivity index (χ4v) is 2.69. The molecule has 0 bridgehead atoms. The number of halogens is 3. The second kappa shape index (κ2) is 7.16. The van der Waals surface area contributed by atoms with Crippen molar-refractivity contribution in [3.63, 3.8) is 0 Å². The van der Waals surface area contributed by atoms with Crippen LogP contribution in [-0.2, 0) is 10.0 Å². The van der Waals surface area contributed by atoms with E-state index in [0.29, 0.717) is 0 Å². The topological polar surface area (TPSA) is 75.6 Å². The second-order valence-electron chi connectivity index (χ2n) is 4.01. The van der Waals surface area contributed by atoms with E-state index in [1.54, 1.807) is 0 Å². The van der Waals surface area contributed by atoms with E-state index in [4.69, 9.17) is 16.7 Å². The average molecular weight is 330 g/mol. The molecule has 20 heavy (non-hydrogen) atoms. The van der Waals surface area contributed by atoms with Crippen molar-refractivity contribution in [1.82, 2.24) is 4.72 Å². The molecule has 9 heteroatoms. The van der Waals surface area contributed by atoms with Gasteiger partial charge in [-0.2, -0.15) is 8.78 Å². The van der Waals surface area contributed by atoms with Gasteiger partial charge in [-0.25, -0.2) is 13.1 Å². The quantitative estimate of drug-likeness (QED) is 0.802. The van der Waals surface area contributed by atoms with Crippen LogP contribution in [0.5, 0.6) is 5.75 Å². The molecular weight excluding hydrogens is 316 g/mol. The molecule has 2 N–H and O–H groups in total. The lowest BCUT2D eigenvalue weighted by atomic mass is 10.3. The van der Waals surface area contributed by atoms with Crippen molar-refractivity contribution in [3.05, 3.63) is 23.2 Å². The van der Waals surface area contributed by atoms with Crippen LogP contribution in [0.25, 0.3) is 0 Å². The average Bonchev–Trinajstić information content (AvgIpc) is 2.30. The standard InChI is InChI=1S/C11H14ClF2NO4S/c1-7(16)4-5-15-20(17,18)8-2-3-10(9(12)6-8)19-11(13)14/h2-3,6-7,11,15-16H,4-5H2,1H3. The first-order valence-electron chi connectivity index (χ1n) is 5.64. The number of hydrogen-bond acceptors (Lipinski definition) is 4. The van der Waals surface area contributed by atoms with Gasteiger partial charge in [0.25, 0.3) is 0 Å². The van der Waals surface area contributed by atoms with E-state index in [1.165, 1.54) is 6.92 Å². The van der Waals surface area contributed by atoms with Gasteiger partial charge in [-0.05, 0) is 31.5 Å². The summed E-state index contributed by atoms with van der Waals surface area (Å²) < 4.78 is 54.2. The molecular formula is C11H14ClF2NO4S. The number of ether oxygens (including phenoxy) is 1. The van der Waals surface area contributed by atoms with E-state index in [-0.39, 0.29) is 28.6 Å². The minimum absolute atomic E-state index is 0.0485. The largest absolute Gasteiger partial charge is 0.433 e. The molecule has 1 unspecified atom stereocenters. The highest BCUT2D eigenvalue weighted by Crippen LogP contribution is 2.28. The molecule has 1 atom stereocenters. The predicted octanol–water partition coefficient (Wildman–Crippen LogP) is 1.99. The van der Waals surface area contributed by atoms with Crippen LogP contribution < -0.4 is 9.46 Å². The van der Waals surface area contributed by atoms with E-state index in [9.17, 15) is 17.2 Å². The van der Waals surface area contributed by atoms with Gasteiger partial charge in [0, 0.05) is 6.54 Å². The maximum atomic E-state index is 12.0. The molecule has 0 aliphatic heterocycles. The smallest absolute Gasteiger partial charge is 0.387 e. The molecule has 0 aliphatic rings. The lowest BCUT2D eigenvalue weighted by Crippen LogP contribution is -2.26. The Labute approximate surface area is 120 Å². The maximum absolute atomic E-state index is 12.0. The van der Waals surface area contributed by atoms with Gasteiger partial charge in [-0.1, -0.05) is 11.6 Å². The number of sulfonamides is 1. The molecule has 1 aromatic carbocycles. The van der Waals surface area contributed by atoms with Gasteiger partial charge in [0.1, 0.15) is 5.75 Å². The van der Waals surface area contributed by atoms with Gasteiger partial charge in [0.05, 0.1) is 16.0 Å². The Bertz CT molecular complexity index is 551. The summed E-state index contributed by atoms with van der Waals surface area (Å²) in [6.07, 6.45) is -0.386. The first-order chi connectivity index (χ1) is 9.22. The van der Waals surface area contributed by atoms with Gasteiger partial charge in [-0.3, -0.25) is 0 Å². The summed E-state index contributed by atoms with van der Waals surface area (Å²) in [6.45, 7) is -1.46. The lowest BCUT2D eigenvalue weighted by molar-refractivity contribution is -0.0498. The summed E-state index contributed by atoms with van der Waals surface area (Å²) in [5.41, 5.74) is 0. The zero-order valence-corrected chi connectivity index (χ0v) is 12.1. The lowest BCUT2D eigenvalue weighted by Gasteiger charge is -2.10. The zero-order chi connectivity index (χ0) is 15.3. The summed E-state index contributed by atoms with van der Waals surface area (Å²) in [6, 6.07) is 3.18. The zero-order valence-electron chi connectivity index (χ0n) is 10.5. The third-order valence-electron chi connectivity index (χ3n) is 2.28. The summed E-state index contributed by atoms with van der Waals surface area (Å²) in [4.78, 5) is -0.172. The number of aliphatic hydroxyl groups is 1. The Morgan fingerprint density at radius 2 is 2.10 bits per heavy atom. The van der Waals surface area contributed by atoms with Crippen molar-refractivity contribution in [2.24, 2.45) is 0 Å². The van der Waals surface area contributed by atoms with Gasteiger partial charge in [0.2, 0.25) is 10.0 Å². The second-order valence-corrected chi connectivity index (χ2v) is 6.18. The third-order valence-corrected chi connectivity index (χ3v) is 4.04. The van der Waals surface area contributed by atoms with E-state index in [1.807, 2.05) is 0 Å². The van der Waals surface area contributed by atoms with Crippen molar-refractivity contribution in [2.75, 3.05) is 6.54 Å². The molecule has 114 valence electrons. The first-order valence-corrected chi connectivity index (χ1v) is 7.50. The van der Waals surface area contributed by atoms with Crippen LogP contribution >= 0.6 is 11.6 Å². The number of rotatable bonds is 7. The Hall–Kier alpha value is -0.960. The van der Waals surface area contributed by atoms with Crippen LogP contribution in [0.1, 0.15) is 13.3 Å². The number of nitrogens with one attached hydrogen (secondary N) is 1. The van der Waals surface area contributed by atoms with Crippen molar-refractivity contribution >= 4 is 21.6 Å². The fraction of sp³-hybridized carbons (Fsp3) is 0.455. The highest BCUT2D eigenvalue weighted by atomic mass is 35.5. The van der Waals surface area contributed by atoms with Crippen LogP contribution in [-0.4, -0.2) is 32.8 Å². The van der Waals surface area contributed by atoms with Crippen molar-refractivity contribution in [1.29, 1.82) is 0 Å². The molecule has 0 radical (unpaired) electrons. The Morgan fingerprint density at radius 1 is 1.45 bits per heavy atom. The van der Waals surface area contributed by atoms with Gasteiger partial charge in [0.15, 0.2) is 0 Å². The number of aliphatic hydroxyl groups excluding tert-OH is 1. The Kier molecular flexibility index (Phi) is 6.12. The van der Waals surface area contributed by atoms with Gasteiger partial charge >= 0.3 is 6.61 Å². The van der Waals surface area contributed by atoms with Crippen LogP contribution in [0.15, 0.2) is 23.1 Å². The molecule has 0 amide bonds. The Morgan fingerprint density at radius 3 is 2.60 bits per heavy atom. The van der Waals surface area contributed by atoms with Gasteiger partial charge < -0.3 is 9.84 Å². The summed E-state index contributed by atoms with van der Waals surface area (Å²) in [5, 5.41) is 8.81. The summed E-state index contributed by atoms with van der Waals surface area (Å²) in [5.74, 6) is -0.301. The fourth-order valence-electron chi connectivity index (χ4n) is 1.33. The number of benzene rings is 1. The minimum atomic E-state index is -3.81. The summed E-state index contributed by atoms with van der Waals surface area (Å²) in [7, 11) is -3.81. The number of hydrogen-bond donors (Lipinski definition) is 2. The predicted molar refractivity (Wildman–Crippen MR) is 69.6 cm³/mol. The van der Waals surface area contributed by atoms with E-state index < -0.39 is 22.7 Å². The summed E-state index contributed by atoms with van der Waals surface area (Å²) >= 11 is 5.67. The van der Waals surface area contributed by atoms with Crippen LogP contribution in [0.2, 0.25) is 5.02 Å². The van der Waals surface area contributed by atoms with Crippen LogP contribution in [0.4, 0.5) is 8.78 Å². The van der Waals surface area contributed by atoms with E-state index >= 15 is 0 Å². The van der Waals surface area contributed by atoms with Crippen LogP contribution in [0, 0.1) is 0 Å². The maximum Gasteiger partial charge on any atom is 0.387 e. The monoisotopic (exact) mass is 329 g/mol. The normalized spacial score (nSPS) is 13.5. The van der Waals surface area contributed by atoms with E-state index in [2.05, 4.69) is 9.46 Å². The molecule has 1 aromatic rings. The molecule has 0 heterocycles. The number of alkyl halides is 2. The highest BCUT2D eigenvalue weighted by Gasteiger charge is 2.17. The van der Waals surface area contributed by atoms with Crippen molar-refractivity contribution in [2.45, 2.75) is 31.0 Å². The molecule has 0 spiro atoms.